The van der Waals surface area contributed by atoms with Gasteiger partial charge in [-0.15, -0.1) is 0 Å². The average Bonchev–Trinajstić information content (AvgIpc) is 3.32. The van der Waals surface area contributed by atoms with E-state index in [9.17, 15) is 4.79 Å². The van der Waals surface area contributed by atoms with Gasteiger partial charge in [-0.05, 0) is 37.3 Å². The molecular formula is C21H31N5O. The van der Waals surface area contributed by atoms with Crippen LogP contribution < -0.4 is 10.2 Å². The zero-order chi connectivity index (χ0) is 18.4. The lowest BCUT2D eigenvalue weighted by atomic mass is 10.1. The second-order valence-electron chi connectivity index (χ2n) is 8.73. The van der Waals surface area contributed by atoms with Crippen LogP contribution in [0.4, 0.5) is 10.6 Å². The molecule has 27 heavy (non-hydrogen) atoms. The zero-order valence-electron chi connectivity index (χ0n) is 16.4. The van der Waals surface area contributed by atoms with Gasteiger partial charge in [0, 0.05) is 63.5 Å². The smallest absolute Gasteiger partial charge is 0.320 e. The summed E-state index contributed by atoms with van der Waals surface area (Å²) in [6, 6.07) is 6.21. The topological polar surface area (TPSA) is 51.7 Å². The van der Waals surface area contributed by atoms with Crippen LogP contribution in [-0.4, -0.2) is 65.6 Å². The number of anilines is 1. The van der Waals surface area contributed by atoms with Gasteiger partial charge < -0.3 is 20.0 Å². The average molecular weight is 370 g/mol. The molecule has 1 saturated carbocycles. The summed E-state index contributed by atoms with van der Waals surface area (Å²) in [6.45, 7) is 3.64. The van der Waals surface area contributed by atoms with Gasteiger partial charge in [-0.25, -0.2) is 9.78 Å². The molecule has 6 heteroatoms. The number of amides is 2. The van der Waals surface area contributed by atoms with Gasteiger partial charge in [0.15, 0.2) is 0 Å². The molecule has 1 aromatic rings. The van der Waals surface area contributed by atoms with Crippen molar-refractivity contribution in [3.8, 4) is 0 Å². The van der Waals surface area contributed by atoms with Crippen molar-refractivity contribution in [1.82, 2.24) is 20.1 Å². The Bertz CT molecular complexity index is 701. The normalized spacial score (nSPS) is 27.7. The van der Waals surface area contributed by atoms with Gasteiger partial charge in [0.2, 0.25) is 0 Å². The summed E-state index contributed by atoms with van der Waals surface area (Å²) in [5, 5.41) is 3.54. The number of pyridine rings is 1. The molecule has 1 N–H and O–H groups in total. The van der Waals surface area contributed by atoms with E-state index in [-0.39, 0.29) is 6.03 Å². The van der Waals surface area contributed by atoms with E-state index in [2.05, 4.69) is 22.3 Å². The van der Waals surface area contributed by atoms with Crippen LogP contribution >= 0.6 is 0 Å². The summed E-state index contributed by atoms with van der Waals surface area (Å²) in [5.74, 6) is 1.14. The van der Waals surface area contributed by atoms with Crippen molar-refractivity contribution < 1.29 is 4.79 Å². The van der Waals surface area contributed by atoms with Crippen LogP contribution in [0.3, 0.4) is 0 Å². The Labute approximate surface area is 161 Å². The lowest BCUT2D eigenvalue weighted by Gasteiger charge is -2.38. The molecule has 4 heterocycles. The van der Waals surface area contributed by atoms with E-state index >= 15 is 0 Å². The van der Waals surface area contributed by atoms with Crippen LogP contribution in [0.5, 0.6) is 0 Å². The number of carbonyl (C=O) groups excluding carboxylic acids is 1. The number of carbonyl (C=O) groups is 1. The summed E-state index contributed by atoms with van der Waals surface area (Å²) < 4.78 is 0. The molecule has 3 aliphatic heterocycles. The van der Waals surface area contributed by atoms with Crippen molar-refractivity contribution in [3.63, 3.8) is 0 Å². The third kappa shape index (κ3) is 3.08. The van der Waals surface area contributed by atoms with Gasteiger partial charge in [-0.1, -0.05) is 18.9 Å². The maximum atomic E-state index is 12.9. The first-order valence-electron chi connectivity index (χ1n) is 10.7. The number of rotatable bonds is 2. The second kappa shape index (κ2) is 6.97. The standard InChI is InChI=1S/C21H31N5O/c1-24(16-4-2-3-5-16)21(27)25-11-10-19-15(14-25)6-9-20(23-19)26-17-7-8-18(26)13-22-12-17/h6,9,16-18,22H,2-5,7-8,10-14H2,1H3. The fourth-order valence-corrected chi connectivity index (χ4v) is 5.54. The Morgan fingerprint density at radius 2 is 1.89 bits per heavy atom. The maximum Gasteiger partial charge on any atom is 0.320 e. The molecule has 2 atom stereocenters. The monoisotopic (exact) mass is 369 g/mol. The van der Waals surface area contributed by atoms with Gasteiger partial charge in [0.25, 0.3) is 0 Å². The number of hydrogen-bond donors (Lipinski definition) is 1. The molecule has 6 nitrogen and oxygen atoms in total. The number of piperazine rings is 1. The summed E-state index contributed by atoms with van der Waals surface area (Å²) in [6.07, 6.45) is 8.24. The van der Waals surface area contributed by atoms with Crippen LogP contribution in [0.2, 0.25) is 0 Å². The van der Waals surface area contributed by atoms with E-state index in [1.54, 1.807) is 0 Å². The molecule has 0 spiro atoms. The molecule has 5 rings (SSSR count). The molecule has 1 aliphatic carbocycles. The first kappa shape index (κ1) is 17.3. The lowest BCUT2D eigenvalue weighted by Crippen LogP contribution is -2.52. The second-order valence-corrected chi connectivity index (χ2v) is 8.73. The summed E-state index contributed by atoms with van der Waals surface area (Å²) >= 11 is 0. The Balaban J connectivity index is 1.30. The SMILES string of the molecule is CN(C(=O)N1CCc2nc(N3C4CCC3CNC4)ccc2C1)C1CCCC1. The summed E-state index contributed by atoms with van der Waals surface area (Å²) in [4.78, 5) is 24.5. The van der Waals surface area contributed by atoms with E-state index < -0.39 is 0 Å². The molecule has 3 fully saturated rings. The Morgan fingerprint density at radius 1 is 1.15 bits per heavy atom. The van der Waals surface area contributed by atoms with E-state index in [4.69, 9.17) is 4.98 Å². The van der Waals surface area contributed by atoms with Crippen molar-refractivity contribution in [2.24, 2.45) is 0 Å². The fraction of sp³-hybridized carbons (Fsp3) is 0.714. The van der Waals surface area contributed by atoms with Gasteiger partial charge in [-0.2, -0.15) is 0 Å². The molecule has 146 valence electrons. The molecule has 2 amide bonds. The molecule has 2 unspecified atom stereocenters. The van der Waals surface area contributed by atoms with Crippen LogP contribution in [-0.2, 0) is 13.0 Å². The van der Waals surface area contributed by atoms with Crippen molar-refractivity contribution >= 4 is 11.8 Å². The minimum absolute atomic E-state index is 0.191. The van der Waals surface area contributed by atoms with Crippen LogP contribution in [0.1, 0.15) is 49.8 Å². The van der Waals surface area contributed by atoms with Crippen molar-refractivity contribution in [2.45, 2.75) is 69.6 Å². The number of nitrogens with one attached hydrogen (secondary N) is 1. The minimum Gasteiger partial charge on any atom is -0.348 e. The number of fused-ring (bicyclic) bond motifs is 3. The van der Waals surface area contributed by atoms with E-state index in [0.29, 0.717) is 24.7 Å². The number of nitrogens with zero attached hydrogens (tertiary/aromatic N) is 4. The number of urea groups is 1. The highest BCUT2D eigenvalue weighted by Gasteiger charge is 2.37. The summed E-state index contributed by atoms with van der Waals surface area (Å²) in [7, 11) is 1.98. The van der Waals surface area contributed by atoms with E-state index in [1.807, 2.05) is 16.8 Å². The zero-order valence-corrected chi connectivity index (χ0v) is 16.4. The maximum absolute atomic E-state index is 12.9. The van der Waals surface area contributed by atoms with Gasteiger partial charge in [0.05, 0.1) is 0 Å². The van der Waals surface area contributed by atoms with E-state index in [0.717, 1.165) is 44.7 Å². The number of hydrogen-bond acceptors (Lipinski definition) is 4. The molecule has 4 aliphatic rings. The first-order valence-corrected chi connectivity index (χ1v) is 10.7. The number of aromatic nitrogens is 1. The minimum atomic E-state index is 0.191. The molecule has 0 aromatic carbocycles. The van der Waals surface area contributed by atoms with Crippen LogP contribution in [0.25, 0.3) is 0 Å². The highest BCUT2D eigenvalue weighted by molar-refractivity contribution is 5.75. The first-order chi connectivity index (χ1) is 13.2. The quantitative estimate of drug-likeness (QED) is 0.870. The lowest BCUT2D eigenvalue weighted by molar-refractivity contribution is 0.141. The third-order valence-electron chi connectivity index (χ3n) is 7.12. The van der Waals surface area contributed by atoms with Gasteiger partial charge in [-0.3, -0.25) is 0 Å². The van der Waals surface area contributed by atoms with Gasteiger partial charge in [0.1, 0.15) is 5.82 Å². The molecule has 2 bridgehead atoms. The van der Waals surface area contributed by atoms with Crippen molar-refractivity contribution in [2.75, 3.05) is 31.6 Å². The van der Waals surface area contributed by atoms with E-state index in [1.165, 1.54) is 36.9 Å². The highest BCUT2D eigenvalue weighted by Crippen LogP contribution is 2.33. The highest BCUT2D eigenvalue weighted by atomic mass is 16.2. The fourth-order valence-electron chi connectivity index (χ4n) is 5.54. The molecular weight excluding hydrogens is 338 g/mol. The Hall–Kier alpha value is -1.82. The van der Waals surface area contributed by atoms with Crippen LogP contribution in [0.15, 0.2) is 12.1 Å². The predicted octanol–water partition coefficient (Wildman–Crippen LogP) is 2.37. The Kier molecular flexibility index (Phi) is 4.46. The van der Waals surface area contributed by atoms with Crippen molar-refractivity contribution in [1.29, 1.82) is 0 Å². The Morgan fingerprint density at radius 3 is 2.63 bits per heavy atom. The molecule has 2 saturated heterocycles. The van der Waals surface area contributed by atoms with Gasteiger partial charge >= 0.3 is 6.03 Å². The summed E-state index contributed by atoms with van der Waals surface area (Å²) in [5.41, 5.74) is 2.42. The largest absolute Gasteiger partial charge is 0.348 e. The molecule has 1 aromatic heterocycles. The molecule has 0 radical (unpaired) electrons. The third-order valence-corrected chi connectivity index (χ3v) is 7.12. The predicted molar refractivity (Wildman–Crippen MR) is 106 cm³/mol. The van der Waals surface area contributed by atoms with Crippen molar-refractivity contribution in [3.05, 3.63) is 23.4 Å². The van der Waals surface area contributed by atoms with Crippen LogP contribution in [0, 0.1) is 0 Å².